The molecule has 5 heteroatoms. The molecule has 0 fully saturated rings. The molecule has 1 aromatic heterocycles. The third kappa shape index (κ3) is 9.97. The van der Waals surface area contributed by atoms with Crippen LogP contribution in [0.4, 0.5) is 0 Å². The first-order valence-electron chi connectivity index (χ1n) is 10.2. The number of hydroxylamine groups is 1. The molecule has 1 heterocycles. The predicted molar refractivity (Wildman–Crippen MR) is 114 cm³/mol. The summed E-state index contributed by atoms with van der Waals surface area (Å²) in [5.74, 6) is -0.272. The standard InChI is InChI=1S/C19H22N2O3.2C2H6/c22-18(10-6-1-2-7-11-19(23)21-24)16-12-13-17(20-14-16)15-8-4-3-5-9-15;2*1-2/h3-5,8-9,12-14,24H,1-2,6-7,10-11H2,(H,21,23);2*1-2H3. The lowest BCUT2D eigenvalue weighted by Gasteiger charge is -2.04. The average molecular weight is 387 g/mol. The van der Waals surface area contributed by atoms with Gasteiger partial charge in [-0.15, -0.1) is 0 Å². The molecular weight excluding hydrogens is 352 g/mol. The monoisotopic (exact) mass is 386 g/mol. The van der Waals surface area contributed by atoms with Crippen LogP contribution in [0.15, 0.2) is 48.7 Å². The Morgan fingerprint density at radius 1 is 0.857 bits per heavy atom. The molecule has 0 saturated carbocycles. The lowest BCUT2D eigenvalue weighted by Crippen LogP contribution is -2.17. The predicted octanol–water partition coefficient (Wildman–Crippen LogP) is 5.83. The lowest BCUT2D eigenvalue weighted by molar-refractivity contribution is -0.129. The van der Waals surface area contributed by atoms with E-state index in [-0.39, 0.29) is 11.7 Å². The minimum absolute atomic E-state index is 0.0928. The zero-order valence-corrected chi connectivity index (χ0v) is 17.6. The summed E-state index contributed by atoms with van der Waals surface area (Å²) in [5, 5.41) is 8.38. The van der Waals surface area contributed by atoms with E-state index in [1.54, 1.807) is 11.7 Å². The number of unbranched alkanes of at least 4 members (excludes halogenated alkanes) is 3. The molecule has 0 unspecified atom stereocenters. The number of carbonyl (C=O) groups is 2. The van der Waals surface area contributed by atoms with E-state index in [4.69, 9.17) is 5.21 Å². The summed E-state index contributed by atoms with van der Waals surface area (Å²) < 4.78 is 0. The third-order valence-corrected chi connectivity index (χ3v) is 3.84. The van der Waals surface area contributed by atoms with Crippen molar-refractivity contribution in [2.75, 3.05) is 0 Å². The van der Waals surface area contributed by atoms with Crippen molar-refractivity contribution in [1.82, 2.24) is 10.5 Å². The fraction of sp³-hybridized carbons (Fsp3) is 0.435. The summed E-state index contributed by atoms with van der Waals surface area (Å²) in [6.45, 7) is 8.00. The topological polar surface area (TPSA) is 79.3 Å². The van der Waals surface area contributed by atoms with Crippen LogP contribution in [-0.2, 0) is 4.79 Å². The van der Waals surface area contributed by atoms with Crippen LogP contribution in [0.2, 0.25) is 0 Å². The summed E-state index contributed by atoms with van der Waals surface area (Å²) in [4.78, 5) is 27.4. The number of rotatable bonds is 9. The quantitative estimate of drug-likeness (QED) is 0.246. The highest BCUT2D eigenvalue weighted by Gasteiger charge is 2.07. The van der Waals surface area contributed by atoms with E-state index in [0.29, 0.717) is 24.8 Å². The second-order valence-corrected chi connectivity index (χ2v) is 5.67. The molecule has 2 N–H and O–H groups in total. The van der Waals surface area contributed by atoms with Gasteiger partial charge in [0.05, 0.1) is 5.69 Å². The Balaban J connectivity index is 0.00000171. The Morgan fingerprint density at radius 2 is 1.46 bits per heavy atom. The minimum atomic E-state index is -0.365. The van der Waals surface area contributed by atoms with Gasteiger partial charge < -0.3 is 0 Å². The molecule has 0 aliphatic carbocycles. The number of pyridine rings is 1. The maximum atomic E-state index is 12.1. The smallest absolute Gasteiger partial charge is 0.243 e. The molecule has 1 aromatic carbocycles. The van der Waals surface area contributed by atoms with Crippen LogP contribution < -0.4 is 5.48 Å². The number of carbonyl (C=O) groups excluding carboxylic acids is 2. The van der Waals surface area contributed by atoms with Gasteiger partial charge in [0.25, 0.3) is 0 Å². The number of Topliss-reactive ketones (excluding diaryl/α,β-unsaturated/α-hetero) is 1. The lowest BCUT2D eigenvalue weighted by atomic mass is 10.0. The highest BCUT2D eigenvalue weighted by atomic mass is 16.5. The van der Waals surface area contributed by atoms with Gasteiger partial charge in [-0.3, -0.25) is 19.8 Å². The van der Waals surface area contributed by atoms with Gasteiger partial charge in [0.1, 0.15) is 0 Å². The maximum absolute atomic E-state index is 12.1. The first kappa shape index (κ1) is 25.5. The van der Waals surface area contributed by atoms with Crippen LogP contribution in [0, 0.1) is 0 Å². The fourth-order valence-electron chi connectivity index (χ4n) is 2.46. The third-order valence-electron chi connectivity index (χ3n) is 3.84. The summed E-state index contributed by atoms with van der Waals surface area (Å²) in [5.41, 5.74) is 4.13. The molecule has 0 radical (unpaired) electrons. The van der Waals surface area contributed by atoms with Gasteiger partial charge in [0.2, 0.25) is 5.91 Å². The number of aromatic nitrogens is 1. The van der Waals surface area contributed by atoms with E-state index < -0.39 is 0 Å². The highest BCUT2D eigenvalue weighted by Crippen LogP contribution is 2.17. The molecule has 0 aliphatic rings. The molecule has 1 amide bonds. The number of nitrogens with zero attached hydrogens (tertiary/aromatic N) is 1. The van der Waals surface area contributed by atoms with Crippen molar-refractivity contribution in [2.45, 2.75) is 66.2 Å². The Labute approximate surface area is 169 Å². The molecule has 0 aliphatic heterocycles. The van der Waals surface area contributed by atoms with Gasteiger partial charge in [0, 0.05) is 30.2 Å². The SMILES string of the molecule is CC.CC.O=C(CCCCCCC(=O)c1ccc(-c2ccccc2)nc1)NO. The number of benzene rings is 1. The Hall–Kier alpha value is -2.53. The Morgan fingerprint density at radius 3 is 2.00 bits per heavy atom. The van der Waals surface area contributed by atoms with E-state index in [2.05, 4.69) is 4.98 Å². The second-order valence-electron chi connectivity index (χ2n) is 5.67. The largest absolute Gasteiger partial charge is 0.294 e. The normalized spacial score (nSPS) is 9.32. The van der Waals surface area contributed by atoms with Crippen LogP contribution in [0.1, 0.15) is 76.6 Å². The van der Waals surface area contributed by atoms with Crippen molar-refractivity contribution in [1.29, 1.82) is 0 Å². The molecule has 2 aromatic rings. The van der Waals surface area contributed by atoms with E-state index >= 15 is 0 Å². The molecule has 0 spiro atoms. The molecule has 28 heavy (non-hydrogen) atoms. The first-order valence-corrected chi connectivity index (χ1v) is 10.2. The average Bonchev–Trinajstić information content (AvgIpc) is 2.79. The van der Waals surface area contributed by atoms with Gasteiger partial charge >= 0.3 is 0 Å². The van der Waals surface area contributed by atoms with Gasteiger partial charge in [-0.25, -0.2) is 5.48 Å². The molecule has 0 saturated heterocycles. The van der Waals surface area contributed by atoms with Crippen molar-refractivity contribution in [3.8, 4) is 11.3 Å². The zero-order chi connectivity index (χ0) is 21.2. The van der Waals surface area contributed by atoms with Gasteiger partial charge in [0.15, 0.2) is 5.78 Å². The van der Waals surface area contributed by atoms with Gasteiger partial charge in [-0.05, 0) is 25.0 Å². The van der Waals surface area contributed by atoms with Crippen LogP contribution in [0.5, 0.6) is 0 Å². The minimum Gasteiger partial charge on any atom is -0.294 e. The molecule has 0 atom stereocenters. The number of hydrogen-bond donors (Lipinski definition) is 2. The van der Waals surface area contributed by atoms with Crippen molar-refractivity contribution in [2.24, 2.45) is 0 Å². The van der Waals surface area contributed by atoms with E-state index in [9.17, 15) is 9.59 Å². The van der Waals surface area contributed by atoms with Gasteiger partial charge in [-0.2, -0.15) is 0 Å². The molecule has 0 bridgehead atoms. The van der Waals surface area contributed by atoms with Crippen molar-refractivity contribution in [3.63, 3.8) is 0 Å². The summed E-state index contributed by atoms with van der Waals surface area (Å²) >= 11 is 0. The first-order chi connectivity index (χ1) is 13.7. The second kappa shape index (κ2) is 16.6. The Kier molecular flexibility index (Phi) is 15.1. The number of ketones is 1. The van der Waals surface area contributed by atoms with Crippen LogP contribution in [0.3, 0.4) is 0 Å². The van der Waals surface area contributed by atoms with Crippen LogP contribution in [0.25, 0.3) is 11.3 Å². The molecule has 2 rings (SSSR count). The highest BCUT2D eigenvalue weighted by molar-refractivity contribution is 5.95. The summed E-state index contributed by atoms with van der Waals surface area (Å²) in [6.07, 6.45) is 5.70. The number of nitrogens with one attached hydrogen (secondary N) is 1. The summed E-state index contributed by atoms with van der Waals surface area (Å²) in [6, 6.07) is 13.5. The van der Waals surface area contributed by atoms with E-state index in [1.165, 1.54) is 0 Å². The molecule has 5 nitrogen and oxygen atoms in total. The zero-order valence-electron chi connectivity index (χ0n) is 17.6. The number of hydrogen-bond acceptors (Lipinski definition) is 4. The van der Waals surface area contributed by atoms with Crippen molar-refractivity contribution in [3.05, 3.63) is 54.2 Å². The number of amides is 1. The summed E-state index contributed by atoms with van der Waals surface area (Å²) in [7, 11) is 0. The molecular formula is C23H34N2O3. The van der Waals surface area contributed by atoms with Crippen LogP contribution >= 0.6 is 0 Å². The molecule has 154 valence electrons. The van der Waals surface area contributed by atoms with Gasteiger partial charge in [-0.1, -0.05) is 70.9 Å². The maximum Gasteiger partial charge on any atom is 0.243 e. The van der Waals surface area contributed by atoms with Crippen molar-refractivity contribution >= 4 is 11.7 Å². The van der Waals surface area contributed by atoms with Crippen LogP contribution in [-0.4, -0.2) is 21.9 Å². The van der Waals surface area contributed by atoms with E-state index in [1.807, 2.05) is 70.2 Å². The Bertz CT molecular complexity index is 655. The van der Waals surface area contributed by atoms with Crippen molar-refractivity contribution < 1.29 is 14.8 Å². The fourth-order valence-corrected chi connectivity index (χ4v) is 2.46. The van der Waals surface area contributed by atoms with E-state index in [0.717, 1.165) is 30.5 Å².